The van der Waals surface area contributed by atoms with Crippen molar-refractivity contribution in [3.05, 3.63) is 0 Å². The summed E-state index contributed by atoms with van der Waals surface area (Å²) in [6, 6.07) is 0. The van der Waals surface area contributed by atoms with Gasteiger partial charge < -0.3 is 9.84 Å². The van der Waals surface area contributed by atoms with Gasteiger partial charge in [0.2, 0.25) is 0 Å². The smallest absolute Gasteiger partial charge is 0.417 e. The van der Waals surface area contributed by atoms with Gasteiger partial charge in [0.05, 0.1) is 5.41 Å². The minimum absolute atomic E-state index is 0.319. The molecule has 0 rings (SSSR count). The molecular weight excluding hydrogens is 273 g/mol. The Kier molecular flexibility index (Phi) is 6.08. The van der Waals surface area contributed by atoms with Crippen molar-refractivity contribution in [2.45, 2.75) is 72.3 Å². The highest BCUT2D eigenvalue weighted by Crippen LogP contribution is 2.36. The van der Waals surface area contributed by atoms with E-state index in [1.807, 2.05) is 0 Å². The molecule has 0 aliphatic carbocycles. The molecule has 1 N–H and O–H groups in total. The number of carbonyl (C=O) groups excluding carboxylic acids is 1. The summed E-state index contributed by atoms with van der Waals surface area (Å²) in [5.74, 6) is -0.864. The molecule has 0 aromatic carbocycles. The summed E-state index contributed by atoms with van der Waals surface area (Å²) in [7, 11) is 0. The molecule has 0 saturated heterocycles. The van der Waals surface area contributed by atoms with E-state index < -0.39 is 35.7 Å². The number of hydrogen-bond acceptors (Lipinski definition) is 3. The number of halogens is 3. The van der Waals surface area contributed by atoms with Crippen LogP contribution >= 0.6 is 0 Å². The molecule has 0 bridgehead atoms. The molecule has 2 atom stereocenters. The predicted octanol–water partition coefficient (Wildman–Crippen LogP) is 3.69. The molecule has 0 aliphatic heterocycles. The molecule has 0 spiro atoms. The monoisotopic (exact) mass is 298 g/mol. The summed E-state index contributed by atoms with van der Waals surface area (Å²) in [5, 5.41) is 9.53. The fourth-order valence-electron chi connectivity index (χ4n) is 1.36. The summed E-state index contributed by atoms with van der Waals surface area (Å²) in [6.07, 6.45) is -5.89. The SMILES string of the molecule is CCC(C)(C)C(=O)OC(CC(C)(O)C(F)(F)F)C(C)C. The summed E-state index contributed by atoms with van der Waals surface area (Å²) in [4.78, 5) is 12.0. The van der Waals surface area contributed by atoms with Crippen molar-refractivity contribution in [2.24, 2.45) is 11.3 Å². The van der Waals surface area contributed by atoms with Crippen LogP contribution in [0.1, 0.15) is 54.4 Å². The topological polar surface area (TPSA) is 46.5 Å². The highest BCUT2D eigenvalue weighted by atomic mass is 19.4. The van der Waals surface area contributed by atoms with E-state index in [4.69, 9.17) is 4.74 Å². The third-order valence-electron chi connectivity index (χ3n) is 3.65. The third-order valence-corrected chi connectivity index (χ3v) is 3.65. The van der Waals surface area contributed by atoms with Gasteiger partial charge in [0.1, 0.15) is 6.10 Å². The van der Waals surface area contributed by atoms with Crippen LogP contribution in [-0.4, -0.2) is 29.0 Å². The predicted molar refractivity (Wildman–Crippen MR) is 70.1 cm³/mol. The first-order chi connectivity index (χ1) is 8.74. The average molecular weight is 298 g/mol. The molecular formula is C14H25F3O3. The van der Waals surface area contributed by atoms with Gasteiger partial charge in [-0.15, -0.1) is 0 Å². The Hall–Kier alpha value is -0.780. The van der Waals surface area contributed by atoms with Crippen LogP contribution in [0.15, 0.2) is 0 Å². The number of aliphatic hydroxyl groups is 1. The van der Waals surface area contributed by atoms with E-state index in [0.29, 0.717) is 13.3 Å². The van der Waals surface area contributed by atoms with Gasteiger partial charge in [-0.1, -0.05) is 20.8 Å². The molecule has 0 aromatic rings. The molecule has 0 radical (unpaired) electrons. The quantitative estimate of drug-likeness (QED) is 0.761. The highest BCUT2D eigenvalue weighted by Gasteiger charge is 2.51. The van der Waals surface area contributed by atoms with Crippen molar-refractivity contribution >= 4 is 5.97 Å². The summed E-state index contributed by atoms with van der Waals surface area (Å²) in [6.45, 7) is 9.16. The molecule has 0 heterocycles. The van der Waals surface area contributed by atoms with Crippen molar-refractivity contribution in [3.63, 3.8) is 0 Å². The first-order valence-electron chi connectivity index (χ1n) is 6.74. The van der Waals surface area contributed by atoms with Gasteiger partial charge in [0.15, 0.2) is 5.60 Å². The van der Waals surface area contributed by atoms with Crippen LogP contribution < -0.4 is 0 Å². The van der Waals surface area contributed by atoms with Crippen molar-refractivity contribution in [3.8, 4) is 0 Å². The highest BCUT2D eigenvalue weighted by molar-refractivity contribution is 5.76. The number of alkyl halides is 3. The second-order valence-corrected chi connectivity index (χ2v) is 6.40. The van der Waals surface area contributed by atoms with E-state index in [2.05, 4.69) is 0 Å². The molecule has 2 unspecified atom stereocenters. The zero-order chi connectivity index (χ0) is 16.4. The molecule has 6 heteroatoms. The van der Waals surface area contributed by atoms with Crippen molar-refractivity contribution in [1.82, 2.24) is 0 Å². The van der Waals surface area contributed by atoms with Gasteiger partial charge in [-0.05, 0) is 33.1 Å². The van der Waals surface area contributed by atoms with Gasteiger partial charge in [0.25, 0.3) is 0 Å². The van der Waals surface area contributed by atoms with Gasteiger partial charge in [0, 0.05) is 6.42 Å². The molecule has 0 fully saturated rings. The number of hydrogen-bond donors (Lipinski definition) is 1. The molecule has 0 aliphatic rings. The summed E-state index contributed by atoms with van der Waals surface area (Å²) in [5.41, 5.74) is -3.63. The largest absolute Gasteiger partial charge is 0.462 e. The first kappa shape index (κ1) is 19.2. The number of ether oxygens (including phenoxy) is 1. The molecule has 120 valence electrons. The van der Waals surface area contributed by atoms with E-state index in [9.17, 15) is 23.1 Å². The van der Waals surface area contributed by atoms with E-state index in [0.717, 1.165) is 0 Å². The minimum atomic E-state index is -4.76. The van der Waals surface area contributed by atoms with Crippen LogP contribution in [-0.2, 0) is 9.53 Å². The van der Waals surface area contributed by atoms with Crippen molar-refractivity contribution in [2.75, 3.05) is 0 Å². The lowest BCUT2D eigenvalue weighted by Crippen LogP contribution is -2.47. The van der Waals surface area contributed by atoms with Crippen LogP contribution in [0.4, 0.5) is 13.2 Å². The lowest BCUT2D eigenvalue weighted by Gasteiger charge is -2.33. The molecule has 0 aromatic heterocycles. The van der Waals surface area contributed by atoms with Gasteiger partial charge in [-0.3, -0.25) is 4.79 Å². The Morgan fingerprint density at radius 2 is 1.65 bits per heavy atom. The Labute approximate surface area is 118 Å². The molecule has 0 amide bonds. The Morgan fingerprint density at radius 3 is 1.95 bits per heavy atom. The van der Waals surface area contributed by atoms with Crippen molar-refractivity contribution < 1.29 is 27.8 Å². The van der Waals surface area contributed by atoms with E-state index >= 15 is 0 Å². The van der Waals surface area contributed by atoms with Crippen LogP contribution in [0.2, 0.25) is 0 Å². The van der Waals surface area contributed by atoms with Crippen LogP contribution in [0.5, 0.6) is 0 Å². The molecule has 3 nitrogen and oxygen atoms in total. The third kappa shape index (κ3) is 4.96. The van der Waals surface area contributed by atoms with Crippen molar-refractivity contribution in [1.29, 1.82) is 0 Å². The lowest BCUT2D eigenvalue weighted by atomic mass is 9.89. The standard InChI is InChI=1S/C14H25F3O3/c1-7-12(4,5)11(18)20-10(9(2)3)8-13(6,19)14(15,16)17/h9-10,19H,7-8H2,1-6H3. The fraction of sp³-hybridized carbons (Fsp3) is 0.929. The van der Waals surface area contributed by atoms with Crippen LogP contribution in [0, 0.1) is 11.3 Å². The Balaban J connectivity index is 4.99. The maximum atomic E-state index is 12.7. The summed E-state index contributed by atoms with van der Waals surface area (Å²) < 4.78 is 43.3. The number of rotatable bonds is 6. The van der Waals surface area contributed by atoms with Crippen LogP contribution in [0.25, 0.3) is 0 Å². The van der Waals surface area contributed by atoms with E-state index in [1.54, 1.807) is 34.6 Å². The first-order valence-corrected chi connectivity index (χ1v) is 6.74. The number of carbonyl (C=O) groups is 1. The fourth-order valence-corrected chi connectivity index (χ4v) is 1.36. The maximum absolute atomic E-state index is 12.7. The van der Waals surface area contributed by atoms with Gasteiger partial charge >= 0.3 is 12.1 Å². The Morgan fingerprint density at radius 1 is 1.20 bits per heavy atom. The van der Waals surface area contributed by atoms with Crippen LogP contribution in [0.3, 0.4) is 0 Å². The zero-order valence-electron chi connectivity index (χ0n) is 13.0. The van der Waals surface area contributed by atoms with E-state index in [-0.39, 0.29) is 5.92 Å². The maximum Gasteiger partial charge on any atom is 0.417 e. The normalized spacial score (nSPS) is 17.8. The average Bonchev–Trinajstić information content (AvgIpc) is 2.25. The second-order valence-electron chi connectivity index (χ2n) is 6.40. The molecule has 20 heavy (non-hydrogen) atoms. The zero-order valence-corrected chi connectivity index (χ0v) is 13.0. The second kappa shape index (κ2) is 6.33. The van der Waals surface area contributed by atoms with E-state index in [1.165, 1.54) is 0 Å². The summed E-state index contributed by atoms with van der Waals surface area (Å²) >= 11 is 0. The molecule has 0 saturated carbocycles. The Bertz CT molecular complexity index is 333. The lowest BCUT2D eigenvalue weighted by molar-refractivity contribution is -0.263. The van der Waals surface area contributed by atoms with Gasteiger partial charge in [-0.25, -0.2) is 0 Å². The minimum Gasteiger partial charge on any atom is -0.462 e. The number of esters is 1. The van der Waals surface area contributed by atoms with Gasteiger partial charge in [-0.2, -0.15) is 13.2 Å².